The van der Waals surface area contributed by atoms with Crippen LogP contribution in [-0.2, 0) is 19.3 Å². The minimum absolute atomic E-state index is 0.427. The van der Waals surface area contributed by atoms with Crippen LogP contribution in [0.25, 0.3) is 0 Å². The Morgan fingerprint density at radius 3 is 1.37 bits per heavy atom. The molecule has 0 aliphatic carbocycles. The SMILES string of the molecule is N#CCc1ccccc1Cc1ccccc1CC#N. The maximum Gasteiger partial charge on any atom is 0.0669 e. The summed E-state index contributed by atoms with van der Waals surface area (Å²) < 4.78 is 0. The molecule has 2 nitrogen and oxygen atoms in total. The Bertz CT molecular complexity index is 587. The number of rotatable bonds is 4. The minimum atomic E-state index is 0.427. The van der Waals surface area contributed by atoms with Crippen molar-refractivity contribution in [1.29, 1.82) is 10.5 Å². The van der Waals surface area contributed by atoms with Crippen molar-refractivity contribution in [2.24, 2.45) is 0 Å². The van der Waals surface area contributed by atoms with Crippen LogP contribution in [0.1, 0.15) is 22.3 Å². The van der Waals surface area contributed by atoms with Crippen molar-refractivity contribution < 1.29 is 0 Å². The van der Waals surface area contributed by atoms with Gasteiger partial charge in [0.2, 0.25) is 0 Å². The summed E-state index contributed by atoms with van der Waals surface area (Å²) in [6.45, 7) is 0. The molecule has 0 aliphatic rings. The molecule has 0 amide bonds. The highest BCUT2D eigenvalue weighted by molar-refractivity contribution is 5.38. The predicted octanol–water partition coefficient (Wildman–Crippen LogP) is 3.41. The van der Waals surface area contributed by atoms with Gasteiger partial charge in [0.15, 0.2) is 0 Å². The number of hydrogen-bond donors (Lipinski definition) is 0. The smallest absolute Gasteiger partial charge is 0.0669 e. The highest BCUT2D eigenvalue weighted by Gasteiger charge is 2.06. The van der Waals surface area contributed by atoms with E-state index >= 15 is 0 Å². The summed E-state index contributed by atoms with van der Waals surface area (Å²) in [5.74, 6) is 0. The first kappa shape index (κ1) is 12.9. The van der Waals surface area contributed by atoms with E-state index in [1.165, 1.54) is 0 Å². The average Bonchev–Trinajstić information content (AvgIpc) is 2.44. The molecule has 0 saturated carbocycles. The molecule has 0 heterocycles. The van der Waals surface area contributed by atoms with E-state index in [1.807, 2.05) is 36.4 Å². The molecule has 0 radical (unpaired) electrons. The molecule has 0 fully saturated rings. The fraction of sp³-hybridized carbons (Fsp3) is 0.176. The summed E-state index contributed by atoms with van der Waals surface area (Å²) in [5.41, 5.74) is 4.46. The highest BCUT2D eigenvalue weighted by Crippen LogP contribution is 2.18. The quantitative estimate of drug-likeness (QED) is 0.830. The molecule has 2 heteroatoms. The Balaban J connectivity index is 2.32. The lowest BCUT2D eigenvalue weighted by atomic mass is 9.94. The molecule has 0 atom stereocenters. The van der Waals surface area contributed by atoms with Gasteiger partial charge in [-0.1, -0.05) is 48.5 Å². The van der Waals surface area contributed by atoms with Crippen LogP contribution in [-0.4, -0.2) is 0 Å². The van der Waals surface area contributed by atoms with E-state index in [4.69, 9.17) is 10.5 Å². The zero-order valence-electron chi connectivity index (χ0n) is 10.6. The second-order valence-electron chi connectivity index (χ2n) is 4.38. The lowest BCUT2D eigenvalue weighted by Gasteiger charge is -2.10. The van der Waals surface area contributed by atoms with E-state index < -0.39 is 0 Å². The third kappa shape index (κ3) is 3.21. The maximum atomic E-state index is 8.86. The van der Waals surface area contributed by atoms with Crippen LogP contribution in [0.4, 0.5) is 0 Å². The molecule has 0 unspecified atom stereocenters. The third-order valence-corrected chi connectivity index (χ3v) is 3.16. The topological polar surface area (TPSA) is 47.6 Å². The van der Waals surface area contributed by atoms with Gasteiger partial charge in [-0.15, -0.1) is 0 Å². The number of nitrogens with zero attached hydrogens (tertiary/aromatic N) is 2. The Kier molecular flexibility index (Phi) is 4.32. The third-order valence-electron chi connectivity index (χ3n) is 3.16. The fourth-order valence-electron chi connectivity index (χ4n) is 2.18. The molecular weight excluding hydrogens is 232 g/mol. The van der Waals surface area contributed by atoms with Gasteiger partial charge >= 0.3 is 0 Å². The molecule has 0 aliphatic heterocycles. The van der Waals surface area contributed by atoms with Gasteiger partial charge in [-0.25, -0.2) is 0 Å². The van der Waals surface area contributed by atoms with Crippen LogP contribution in [0.2, 0.25) is 0 Å². The summed E-state index contributed by atoms with van der Waals surface area (Å²) >= 11 is 0. The molecule has 0 aromatic heterocycles. The molecule has 0 spiro atoms. The Labute approximate surface area is 113 Å². The Morgan fingerprint density at radius 2 is 1.00 bits per heavy atom. The van der Waals surface area contributed by atoms with Gasteiger partial charge in [0, 0.05) is 0 Å². The average molecular weight is 246 g/mol. The van der Waals surface area contributed by atoms with Crippen molar-refractivity contribution in [3.05, 3.63) is 70.8 Å². The predicted molar refractivity (Wildman–Crippen MR) is 74.3 cm³/mol. The monoisotopic (exact) mass is 246 g/mol. The zero-order chi connectivity index (χ0) is 13.5. The minimum Gasteiger partial charge on any atom is -0.198 e. The Morgan fingerprint density at radius 1 is 0.632 bits per heavy atom. The Hall–Kier alpha value is -2.58. The van der Waals surface area contributed by atoms with Crippen LogP contribution in [0.3, 0.4) is 0 Å². The summed E-state index contributed by atoms with van der Waals surface area (Å²) in [5, 5.41) is 17.7. The molecule has 0 saturated heterocycles. The van der Waals surface area contributed by atoms with Crippen LogP contribution in [0.15, 0.2) is 48.5 Å². The maximum absolute atomic E-state index is 8.86. The van der Waals surface area contributed by atoms with Crippen molar-refractivity contribution >= 4 is 0 Å². The molecule has 0 N–H and O–H groups in total. The van der Waals surface area contributed by atoms with Crippen molar-refractivity contribution in [2.45, 2.75) is 19.3 Å². The van der Waals surface area contributed by atoms with E-state index in [-0.39, 0.29) is 0 Å². The van der Waals surface area contributed by atoms with Crippen LogP contribution >= 0.6 is 0 Å². The zero-order valence-corrected chi connectivity index (χ0v) is 10.6. The van der Waals surface area contributed by atoms with Crippen molar-refractivity contribution in [2.75, 3.05) is 0 Å². The molecule has 19 heavy (non-hydrogen) atoms. The van der Waals surface area contributed by atoms with Crippen LogP contribution < -0.4 is 0 Å². The first-order valence-corrected chi connectivity index (χ1v) is 6.22. The standard InChI is InChI=1S/C17H14N2/c18-11-9-14-5-1-3-7-16(14)13-17-8-4-2-6-15(17)10-12-19/h1-8H,9-10,13H2. The molecule has 2 aromatic carbocycles. The lowest BCUT2D eigenvalue weighted by molar-refractivity contribution is 1.08. The van der Waals surface area contributed by atoms with Gasteiger partial charge < -0.3 is 0 Å². The van der Waals surface area contributed by atoms with Gasteiger partial charge in [0.1, 0.15) is 0 Å². The van der Waals surface area contributed by atoms with Crippen molar-refractivity contribution in [3.63, 3.8) is 0 Å². The van der Waals surface area contributed by atoms with Gasteiger partial charge in [0.05, 0.1) is 25.0 Å². The van der Waals surface area contributed by atoms with Crippen molar-refractivity contribution in [1.82, 2.24) is 0 Å². The van der Waals surface area contributed by atoms with Crippen LogP contribution in [0, 0.1) is 22.7 Å². The second kappa shape index (κ2) is 6.38. The van der Waals surface area contributed by atoms with Gasteiger partial charge in [0.25, 0.3) is 0 Å². The van der Waals surface area contributed by atoms with E-state index in [0.29, 0.717) is 12.8 Å². The first-order chi connectivity index (χ1) is 9.35. The summed E-state index contributed by atoms with van der Waals surface area (Å²) in [6.07, 6.45) is 1.63. The van der Waals surface area contributed by atoms with Crippen molar-refractivity contribution in [3.8, 4) is 12.1 Å². The van der Waals surface area contributed by atoms with E-state index in [1.54, 1.807) is 0 Å². The highest BCUT2D eigenvalue weighted by atomic mass is 14.2. The molecular formula is C17H14N2. The second-order valence-corrected chi connectivity index (χ2v) is 4.38. The number of hydrogen-bond acceptors (Lipinski definition) is 2. The molecule has 2 rings (SSSR count). The largest absolute Gasteiger partial charge is 0.198 e. The molecule has 0 bridgehead atoms. The fourth-order valence-corrected chi connectivity index (χ4v) is 2.18. The van der Waals surface area contributed by atoms with E-state index in [2.05, 4.69) is 24.3 Å². The number of benzene rings is 2. The van der Waals surface area contributed by atoms with Gasteiger partial charge in [-0.2, -0.15) is 10.5 Å². The lowest BCUT2D eigenvalue weighted by Crippen LogP contribution is -1.98. The number of nitriles is 2. The first-order valence-electron chi connectivity index (χ1n) is 6.22. The van der Waals surface area contributed by atoms with Crippen LogP contribution in [0.5, 0.6) is 0 Å². The summed E-state index contributed by atoms with van der Waals surface area (Å²) in [4.78, 5) is 0. The molecule has 92 valence electrons. The van der Waals surface area contributed by atoms with Gasteiger partial charge in [-0.3, -0.25) is 0 Å². The summed E-state index contributed by atoms with van der Waals surface area (Å²) in [7, 11) is 0. The van der Waals surface area contributed by atoms with Gasteiger partial charge in [-0.05, 0) is 28.7 Å². The van der Waals surface area contributed by atoms with E-state index in [0.717, 1.165) is 28.7 Å². The molecule has 2 aromatic rings. The summed E-state index contributed by atoms with van der Waals surface area (Å²) in [6, 6.07) is 20.4. The van der Waals surface area contributed by atoms with E-state index in [9.17, 15) is 0 Å². The normalized spacial score (nSPS) is 9.58.